The highest BCUT2D eigenvalue weighted by molar-refractivity contribution is 6.31. The predicted molar refractivity (Wildman–Crippen MR) is 156 cm³/mol. The molecule has 0 spiro atoms. The van der Waals surface area contributed by atoms with Gasteiger partial charge in [0.15, 0.2) is 12.0 Å². The molecule has 0 radical (unpaired) electrons. The molecule has 0 amide bonds. The van der Waals surface area contributed by atoms with Crippen molar-refractivity contribution in [3.8, 4) is 11.4 Å². The van der Waals surface area contributed by atoms with Crippen LogP contribution in [0.5, 0.6) is 5.75 Å². The Kier molecular flexibility index (Phi) is 7.37. The number of ketones is 1. The summed E-state index contributed by atoms with van der Waals surface area (Å²) in [6.45, 7) is 0.155. The number of carbonyl (C=O) groups excluding carboxylic acids is 2. The molecule has 6 rings (SSSR count). The van der Waals surface area contributed by atoms with Gasteiger partial charge in [0.2, 0.25) is 5.78 Å². The molecule has 41 heavy (non-hydrogen) atoms. The average molecular weight is 582 g/mol. The summed E-state index contributed by atoms with van der Waals surface area (Å²) in [6.07, 6.45) is 3.12. The lowest BCUT2D eigenvalue weighted by atomic mass is 10.0. The Morgan fingerprint density at radius 1 is 0.878 bits per heavy atom. The normalized spacial score (nSPS) is 11.1. The maximum absolute atomic E-state index is 12.8. The standard InChI is InChI=1S/C32H21Cl2N3O4/c33-25-5-3-22(4-6-25)32(39)31-16-23-14-20(2-12-30(23)41-31)13-21-1-11-29(24(15-21)18-38)40-19-27-17-37(36-35-27)28-9-7-26(34)8-10-28/h1-12,14-18H,13,19H2. The molecule has 0 fully saturated rings. The van der Waals surface area contributed by atoms with Gasteiger partial charge < -0.3 is 9.15 Å². The van der Waals surface area contributed by atoms with Crippen molar-refractivity contribution >= 4 is 46.2 Å². The number of aromatic nitrogens is 3. The fourth-order valence-electron chi connectivity index (χ4n) is 4.46. The largest absolute Gasteiger partial charge is 0.486 e. The summed E-state index contributed by atoms with van der Waals surface area (Å²) in [4.78, 5) is 24.7. The minimum absolute atomic E-state index is 0.155. The van der Waals surface area contributed by atoms with Gasteiger partial charge in [-0.05, 0) is 96.4 Å². The second-order valence-electron chi connectivity index (χ2n) is 9.41. The molecule has 2 aromatic heterocycles. The van der Waals surface area contributed by atoms with Crippen LogP contribution in [0.3, 0.4) is 0 Å². The van der Waals surface area contributed by atoms with E-state index in [2.05, 4.69) is 10.3 Å². The van der Waals surface area contributed by atoms with Crippen molar-refractivity contribution in [1.82, 2.24) is 15.0 Å². The van der Waals surface area contributed by atoms with Crippen molar-refractivity contribution in [2.45, 2.75) is 13.0 Å². The Hall–Kier alpha value is -4.72. The Morgan fingerprint density at radius 2 is 1.59 bits per heavy atom. The lowest BCUT2D eigenvalue weighted by Gasteiger charge is -2.09. The molecule has 7 nitrogen and oxygen atoms in total. The van der Waals surface area contributed by atoms with E-state index in [0.717, 1.165) is 28.5 Å². The molecular formula is C32H21Cl2N3O4. The SMILES string of the molecule is O=Cc1cc(Cc2ccc3oc(C(=O)c4ccc(Cl)cc4)cc3c2)ccc1OCc1cn(-c2ccc(Cl)cc2)nn1. The Morgan fingerprint density at radius 3 is 2.34 bits per heavy atom. The molecule has 0 saturated carbocycles. The molecule has 0 N–H and O–H groups in total. The maximum Gasteiger partial charge on any atom is 0.228 e. The zero-order valence-corrected chi connectivity index (χ0v) is 23.0. The van der Waals surface area contributed by atoms with Gasteiger partial charge in [-0.15, -0.1) is 5.10 Å². The first-order valence-electron chi connectivity index (χ1n) is 12.7. The second-order valence-corrected chi connectivity index (χ2v) is 10.3. The number of carbonyl (C=O) groups is 2. The number of furan rings is 1. The van der Waals surface area contributed by atoms with Gasteiger partial charge in [-0.1, -0.05) is 40.5 Å². The lowest BCUT2D eigenvalue weighted by molar-refractivity contribution is 0.101. The number of hydrogen-bond donors (Lipinski definition) is 0. The van der Waals surface area contributed by atoms with E-state index in [1.54, 1.807) is 59.4 Å². The van der Waals surface area contributed by atoms with Crippen LogP contribution in [0.1, 0.15) is 43.3 Å². The number of aldehydes is 1. The Bertz CT molecular complexity index is 1880. The van der Waals surface area contributed by atoms with Crippen molar-refractivity contribution in [2.75, 3.05) is 0 Å². The fourth-order valence-corrected chi connectivity index (χ4v) is 4.71. The van der Waals surface area contributed by atoms with Crippen LogP contribution in [0.15, 0.2) is 102 Å². The molecule has 4 aromatic carbocycles. The number of benzene rings is 4. The molecule has 0 bridgehead atoms. The highest BCUT2D eigenvalue weighted by atomic mass is 35.5. The zero-order valence-electron chi connectivity index (χ0n) is 21.5. The predicted octanol–water partition coefficient (Wildman–Crippen LogP) is 7.53. The first-order chi connectivity index (χ1) is 19.9. The quantitative estimate of drug-likeness (QED) is 0.129. The van der Waals surface area contributed by atoms with E-state index >= 15 is 0 Å². The first kappa shape index (κ1) is 26.5. The molecule has 9 heteroatoms. The van der Waals surface area contributed by atoms with Crippen LogP contribution in [-0.2, 0) is 13.0 Å². The molecule has 2 heterocycles. The fraction of sp³-hybridized carbons (Fsp3) is 0.0625. The first-order valence-corrected chi connectivity index (χ1v) is 13.4. The van der Waals surface area contributed by atoms with Crippen LogP contribution >= 0.6 is 23.2 Å². The molecule has 0 saturated heterocycles. The van der Waals surface area contributed by atoms with E-state index in [0.29, 0.717) is 44.6 Å². The van der Waals surface area contributed by atoms with E-state index in [-0.39, 0.29) is 18.2 Å². The molecule has 202 valence electrons. The van der Waals surface area contributed by atoms with Crippen molar-refractivity contribution in [1.29, 1.82) is 0 Å². The molecular weight excluding hydrogens is 561 g/mol. The molecule has 0 aliphatic carbocycles. The summed E-state index contributed by atoms with van der Waals surface area (Å²) < 4.78 is 13.3. The number of ether oxygens (including phenoxy) is 1. The van der Waals surface area contributed by atoms with Crippen molar-refractivity contribution < 1.29 is 18.7 Å². The highest BCUT2D eigenvalue weighted by Gasteiger charge is 2.15. The van der Waals surface area contributed by atoms with Gasteiger partial charge in [-0.2, -0.15) is 0 Å². The number of halogens is 2. The molecule has 0 aliphatic heterocycles. The van der Waals surface area contributed by atoms with Crippen molar-refractivity contribution in [3.05, 3.63) is 141 Å². The molecule has 0 unspecified atom stereocenters. The molecule has 0 aliphatic rings. The summed E-state index contributed by atoms with van der Waals surface area (Å²) >= 11 is 11.9. The van der Waals surface area contributed by atoms with Gasteiger partial charge in [-0.25, -0.2) is 4.68 Å². The minimum Gasteiger partial charge on any atom is -0.486 e. The lowest BCUT2D eigenvalue weighted by Crippen LogP contribution is -2.00. The van der Waals surface area contributed by atoms with E-state index in [9.17, 15) is 9.59 Å². The highest BCUT2D eigenvalue weighted by Crippen LogP contribution is 2.26. The number of rotatable bonds is 9. The third-order valence-electron chi connectivity index (χ3n) is 6.53. The van der Waals surface area contributed by atoms with Gasteiger partial charge >= 0.3 is 0 Å². The zero-order chi connectivity index (χ0) is 28.3. The van der Waals surface area contributed by atoms with Crippen LogP contribution in [0.4, 0.5) is 0 Å². The van der Waals surface area contributed by atoms with Crippen LogP contribution < -0.4 is 4.74 Å². The average Bonchev–Trinajstić information content (AvgIpc) is 3.64. The van der Waals surface area contributed by atoms with Gasteiger partial charge in [0.05, 0.1) is 17.4 Å². The summed E-state index contributed by atoms with van der Waals surface area (Å²) in [5.74, 6) is 0.510. The van der Waals surface area contributed by atoms with Crippen LogP contribution in [0.25, 0.3) is 16.7 Å². The van der Waals surface area contributed by atoms with Crippen LogP contribution in [0, 0.1) is 0 Å². The van der Waals surface area contributed by atoms with Crippen molar-refractivity contribution in [2.24, 2.45) is 0 Å². The van der Waals surface area contributed by atoms with Gasteiger partial charge in [0.25, 0.3) is 0 Å². The monoisotopic (exact) mass is 581 g/mol. The van der Waals surface area contributed by atoms with Crippen LogP contribution in [0.2, 0.25) is 10.0 Å². The number of fused-ring (bicyclic) bond motifs is 1. The molecule has 6 aromatic rings. The van der Waals surface area contributed by atoms with Crippen molar-refractivity contribution in [3.63, 3.8) is 0 Å². The van der Waals surface area contributed by atoms with Gasteiger partial charge in [0, 0.05) is 21.0 Å². The van der Waals surface area contributed by atoms with Crippen LogP contribution in [-0.4, -0.2) is 27.1 Å². The van der Waals surface area contributed by atoms with Gasteiger partial charge in [-0.3, -0.25) is 9.59 Å². The number of hydrogen-bond acceptors (Lipinski definition) is 6. The molecule has 0 atom stereocenters. The van der Waals surface area contributed by atoms with E-state index in [1.165, 1.54) is 0 Å². The summed E-state index contributed by atoms with van der Waals surface area (Å²) in [5.41, 5.74) is 4.95. The maximum atomic E-state index is 12.8. The Balaban J connectivity index is 1.14. The number of nitrogens with zero attached hydrogens (tertiary/aromatic N) is 3. The summed E-state index contributed by atoms with van der Waals surface area (Å²) in [5, 5.41) is 10.3. The summed E-state index contributed by atoms with van der Waals surface area (Å²) in [6, 6.07) is 26.9. The van der Waals surface area contributed by atoms with E-state index in [1.807, 2.05) is 42.5 Å². The Labute approximate surface area is 244 Å². The third-order valence-corrected chi connectivity index (χ3v) is 7.03. The third kappa shape index (κ3) is 5.91. The summed E-state index contributed by atoms with van der Waals surface area (Å²) in [7, 11) is 0. The second kappa shape index (κ2) is 11.4. The smallest absolute Gasteiger partial charge is 0.228 e. The topological polar surface area (TPSA) is 87.2 Å². The van der Waals surface area contributed by atoms with E-state index < -0.39 is 0 Å². The van der Waals surface area contributed by atoms with Gasteiger partial charge in [0.1, 0.15) is 23.6 Å². The minimum atomic E-state index is -0.210. The van der Waals surface area contributed by atoms with E-state index in [4.69, 9.17) is 32.4 Å².